The molecule has 0 atom stereocenters. The van der Waals surface area contributed by atoms with Crippen molar-refractivity contribution in [2.24, 2.45) is 0 Å². The maximum absolute atomic E-state index is 12.1. The SMILES string of the molecule is CNCCN(C)S(=O)(=O)c1ccc(OC(F)(F)F)cc1. The lowest BCUT2D eigenvalue weighted by Crippen LogP contribution is -2.32. The largest absolute Gasteiger partial charge is 0.573 e. The summed E-state index contributed by atoms with van der Waals surface area (Å²) in [6.45, 7) is 0.713. The molecule has 0 amide bonds. The van der Waals surface area contributed by atoms with Gasteiger partial charge < -0.3 is 10.1 Å². The minimum absolute atomic E-state index is 0.0920. The number of nitrogens with one attached hydrogen (secondary N) is 1. The van der Waals surface area contributed by atoms with Gasteiger partial charge in [-0.05, 0) is 31.3 Å². The number of halogens is 3. The average molecular weight is 312 g/mol. The van der Waals surface area contributed by atoms with Gasteiger partial charge in [0.2, 0.25) is 10.0 Å². The second-order valence-corrected chi connectivity index (χ2v) is 5.99. The number of ether oxygens (including phenoxy) is 1. The van der Waals surface area contributed by atoms with Gasteiger partial charge in [-0.1, -0.05) is 0 Å². The zero-order valence-corrected chi connectivity index (χ0v) is 11.8. The Morgan fingerprint density at radius 3 is 2.25 bits per heavy atom. The van der Waals surface area contributed by atoms with Crippen molar-refractivity contribution in [2.45, 2.75) is 11.3 Å². The first-order valence-electron chi connectivity index (χ1n) is 5.63. The Bertz CT molecular complexity index is 529. The molecular formula is C11H15F3N2O3S. The summed E-state index contributed by atoms with van der Waals surface area (Å²) in [5.74, 6) is -0.464. The quantitative estimate of drug-likeness (QED) is 0.863. The highest BCUT2D eigenvalue weighted by atomic mass is 32.2. The molecule has 9 heteroatoms. The number of nitrogens with zero attached hydrogens (tertiary/aromatic N) is 1. The van der Waals surface area contributed by atoms with E-state index in [9.17, 15) is 21.6 Å². The minimum atomic E-state index is -4.80. The number of rotatable bonds is 6. The van der Waals surface area contributed by atoms with Crippen LogP contribution in [-0.2, 0) is 10.0 Å². The fraction of sp³-hybridized carbons (Fsp3) is 0.455. The van der Waals surface area contributed by atoms with Crippen LogP contribution in [0.4, 0.5) is 13.2 Å². The van der Waals surface area contributed by atoms with E-state index in [-0.39, 0.29) is 11.4 Å². The molecule has 0 heterocycles. The van der Waals surface area contributed by atoms with Crippen LogP contribution in [0, 0.1) is 0 Å². The molecule has 0 unspecified atom stereocenters. The van der Waals surface area contributed by atoms with Gasteiger partial charge in [-0.25, -0.2) is 8.42 Å². The molecule has 0 aliphatic rings. The highest BCUT2D eigenvalue weighted by molar-refractivity contribution is 7.89. The molecule has 0 spiro atoms. The molecule has 5 nitrogen and oxygen atoms in total. The average Bonchev–Trinajstić information content (AvgIpc) is 2.34. The van der Waals surface area contributed by atoms with Crippen LogP contribution in [0.2, 0.25) is 0 Å². The molecule has 1 aromatic rings. The normalized spacial score (nSPS) is 12.7. The molecule has 1 rings (SSSR count). The first-order chi connectivity index (χ1) is 9.16. The lowest BCUT2D eigenvalue weighted by Gasteiger charge is -2.17. The second-order valence-electron chi connectivity index (χ2n) is 3.95. The minimum Gasteiger partial charge on any atom is -0.406 e. The third kappa shape index (κ3) is 4.66. The summed E-state index contributed by atoms with van der Waals surface area (Å²) in [6.07, 6.45) is -4.80. The molecule has 0 bridgehead atoms. The maximum Gasteiger partial charge on any atom is 0.573 e. The summed E-state index contributed by atoms with van der Waals surface area (Å²) in [6, 6.07) is 4.08. The zero-order valence-electron chi connectivity index (χ0n) is 10.9. The van der Waals surface area contributed by atoms with Gasteiger partial charge in [-0.15, -0.1) is 13.2 Å². The van der Waals surface area contributed by atoms with Crippen molar-refractivity contribution in [1.82, 2.24) is 9.62 Å². The third-order valence-corrected chi connectivity index (χ3v) is 4.31. The molecule has 0 radical (unpaired) electrons. The Morgan fingerprint density at radius 2 is 1.80 bits per heavy atom. The summed E-state index contributed by atoms with van der Waals surface area (Å²) in [5.41, 5.74) is 0. The van der Waals surface area contributed by atoms with Crippen LogP contribution < -0.4 is 10.1 Å². The number of alkyl halides is 3. The fourth-order valence-electron chi connectivity index (χ4n) is 1.38. The summed E-state index contributed by atoms with van der Waals surface area (Å²) >= 11 is 0. The van der Waals surface area contributed by atoms with Crippen molar-refractivity contribution in [3.8, 4) is 5.75 Å². The van der Waals surface area contributed by atoms with Gasteiger partial charge in [0, 0.05) is 20.1 Å². The van der Waals surface area contributed by atoms with Gasteiger partial charge in [0.15, 0.2) is 0 Å². The van der Waals surface area contributed by atoms with E-state index in [1.807, 2.05) is 0 Å². The van der Waals surface area contributed by atoms with Crippen LogP contribution in [-0.4, -0.2) is 46.3 Å². The summed E-state index contributed by atoms with van der Waals surface area (Å²) < 4.78 is 64.9. The first kappa shape index (κ1) is 16.7. The second kappa shape index (κ2) is 6.42. The van der Waals surface area contributed by atoms with Crippen LogP contribution in [0.3, 0.4) is 0 Å². The smallest absolute Gasteiger partial charge is 0.406 e. The van der Waals surface area contributed by atoms with Crippen molar-refractivity contribution >= 4 is 10.0 Å². The standard InChI is InChI=1S/C11H15F3N2O3S/c1-15-7-8-16(2)20(17,18)10-5-3-9(4-6-10)19-11(12,13)14/h3-6,15H,7-8H2,1-2H3. The Balaban J connectivity index is 2.87. The van der Waals surface area contributed by atoms with E-state index in [1.165, 1.54) is 7.05 Å². The highest BCUT2D eigenvalue weighted by Crippen LogP contribution is 2.24. The Labute approximate surface area is 115 Å². The van der Waals surface area contributed by atoms with E-state index in [4.69, 9.17) is 0 Å². The van der Waals surface area contributed by atoms with E-state index < -0.39 is 22.1 Å². The lowest BCUT2D eigenvalue weighted by atomic mass is 10.3. The van der Waals surface area contributed by atoms with Crippen molar-refractivity contribution in [2.75, 3.05) is 27.2 Å². The van der Waals surface area contributed by atoms with Gasteiger partial charge in [0.25, 0.3) is 0 Å². The van der Waals surface area contributed by atoms with Gasteiger partial charge in [-0.2, -0.15) is 4.31 Å². The molecule has 1 aromatic carbocycles. The monoisotopic (exact) mass is 312 g/mol. The number of sulfonamides is 1. The van der Waals surface area contributed by atoms with E-state index in [0.29, 0.717) is 6.54 Å². The molecule has 114 valence electrons. The molecule has 0 saturated heterocycles. The van der Waals surface area contributed by atoms with E-state index in [1.54, 1.807) is 7.05 Å². The number of hydrogen-bond acceptors (Lipinski definition) is 4. The van der Waals surface area contributed by atoms with Crippen LogP contribution in [0.15, 0.2) is 29.2 Å². The molecule has 1 N–H and O–H groups in total. The van der Waals surface area contributed by atoms with Crippen LogP contribution in [0.5, 0.6) is 5.75 Å². The number of likely N-dealkylation sites (N-methyl/N-ethyl adjacent to an activating group) is 2. The van der Waals surface area contributed by atoms with Crippen LogP contribution in [0.25, 0.3) is 0 Å². The van der Waals surface area contributed by atoms with E-state index in [2.05, 4.69) is 10.1 Å². The summed E-state index contributed by atoms with van der Waals surface area (Å²) in [7, 11) is -0.635. The topological polar surface area (TPSA) is 58.6 Å². The molecule has 0 aliphatic carbocycles. The van der Waals surface area contributed by atoms with Crippen LogP contribution >= 0.6 is 0 Å². The Hall–Kier alpha value is -1.32. The highest BCUT2D eigenvalue weighted by Gasteiger charge is 2.31. The molecule has 20 heavy (non-hydrogen) atoms. The van der Waals surface area contributed by atoms with Crippen LogP contribution in [0.1, 0.15) is 0 Å². The first-order valence-corrected chi connectivity index (χ1v) is 7.07. The maximum atomic E-state index is 12.1. The fourth-order valence-corrected chi connectivity index (χ4v) is 2.55. The van der Waals surface area contributed by atoms with Gasteiger partial charge in [0.05, 0.1) is 4.90 Å². The Kier molecular flexibility index (Phi) is 5.37. The van der Waals surface area contributed by atoms with Crippen molar-refractivity contribution < 1.29 is 26.3 Å². The van der Waals surface area contributed by atoms with E-state index >= 15 is 0 Å². The van der Waals surface area contributed by atoms with Gasteiger partial charge >= 0.3 is 6.36 Å². The molecule has 0 saturated carbocycles. The molecular weight excluding hydrogens is 297 g/mol. The van der Waals surface area contributed by atoms with Crippen molar-refractivity contribution in [1.29, 1.82) is 0 Å². The zero-order chi connectivity index (χ0) is 15.4. The van der Waals surface area contributed by atoms with E-state index in [0.717, 1.165) is 28.6 Å². The number of benzene rings is 1. The van der Waals surface area contributed by atoms with Gasteiger partial charge in [0.1, 0.15) is 5.75 Å². The predicted octanol–water partition coefficient (Wildman–Crippen LogP) is 1.43. The Morgan fingerprint density at radius 1 is 1.25 bits per heavy atom. The predicted molar refractivity (Wildman–Crippen MR) is 66.9 cm³/mol. The van der Waals surface area contributed by atoms with Gasteiger partial charge in [-0.3, -0.25) is 0 Å². The van der Waals surface area contributed by atoms with Crippen molar-refractivity contribution in [3.63, 3.8) is 0 Å². The summed E-state index contributed by atoms with van der Waals surface area (Å²) in [5, 5.41) is 2.81. The molecule has 0 aliphatic heterocycles. The molecule has 0 fully saturated rings. The van der Waals surface area contributed by atoms with Crippen molar-refractivity contribution in [3.05, 3.63) is 24.3 Å². The molecule has 0 aromatic heterocycles. The summed E-state index contributed by atoms with van der Waals surface area (Å²) in [4.78, 5) is -0.0920. The lowest BCUT2D eigenvalue weighted by molar-refractivity contribution is -0.274. The number of hydrogen-bond donors (Lipinski definition) is 1. The third-order valence-electron chi connectivity index (χ3n) is 2.44.